The Balaban J connectivity index is 0.853. The number of likely N-dealkylation sites (N-methyl/N-ethyl adjacent to an activating group) is 1. The zero-order chi connectivity index (χ0) is 48.4. The number of ether oxygens (including phenoxy) is 3. The molecule has 13 nitrogen and oxygen atoms in total. The standard InChI is InChI=1S/C54H65N5O8S/c1-6-46(40-13-9-7-10-14-40)50(41-15-11-8-12-16-41)42-21-23-45(24-22-42)67-30-27-58(5)49(62)26-29-66-32-31-65-28-25-48(61)57-51(37(2)3)54(64)59-35-44(60)33-47(59)53(63)55-34-39-17-19-43(20-18-39)52-38(4)56-36-68-52/h7-24,36-37,44,47,51,60H,6,25-35H2,1-5H3,(H,55,63)(H,57,61)/b50-46-/t44-,47+,51+/m1/s1. The molecule has 1 aliphatic rings. The lowest BCUT2D eigenvalue weighted by molar-refractivity contribution is -0.142. The second-order valence-corrected chi connectivity index (χ2v) is 18.1. The van der Waals surface area contributed by atoms with Gasteiger partial charge in [-0.2, -0.15) is 0 Å². The molecule has 4 aromatic carbocycles. The molecule has 0 radical (unpaired) electrons. The monoisotopic (exact) mass is 943 g/mol. The summed E-state index contributed by atoms with van der Waals surface area (Å²) in [6, 6.07) is 35.1. The summed E-state index contributed by atoms with van der Waals surface area (Å²) < 4.78 is 17.3. The highest BCUT2D eigenvalue weighted by molar-refractivity contribution is 7.13. The van der Waals surface area contributed by atoms with Crippen molar-refractivity contribution < 1.29 is 38.5 Å². The topological polar surface area (TPSA) is 160 Å². The molecule has 1 aromatic heterocycles. The van der Waals surface area contributed by atoms with Gasteiger partial charge < -0.3 is 39.8 Å². The van der Waals surface area contributed by atoms with Crippen molar-refractivity contribution in [2.75, 3.05) is 53.2 Å². The van der Waals surface area contributed by atoms with E-state index in [2.05, 4.69) is 83.2 Å². The van der Waals surface area contributed by atoms with Gasteiger partial charge in [0, 0.05) is 33.0 Å². The van der Waals surface area contributed by atoms with Crippen molar-refractivity contribution >= 4 is 46.1 Å². The maximum Gasteiger partial charge on any atom is 0.246 e. The van der Waals surface area contributed by atoms with E-state index in [0.717, 1.165) is 45.0 Å². The van der Waals surface area contributed by atoms with Crippen molar-refractivity contribution in [1.29, 1.82) is 0 Å². The molecule has 0 unspecified atom stereocenters. The quantitative estimate of drug-likeness (QED) is 0.0420. The molecular formula is C54H65N5O8S. The van der Waals surface area contributed by atoms with E-state index in [0.29, 0.717) is 13.2 Å². The third-order valence-electron chi connectivity index (χ3n) is 12.0. The van der Waals surface area contributed by atoms with Crippen molar-refractivity contribution in [2.24, 2.45) is 5.92 Å². The predicted molar refractivity (Wildman–Crippen MR) is 267 cm³/mol. The minimum Gasteiger partial charge on any atom is -0.492 e. The molecule has 3 N–H and O–H groups in total. The Morgan fingerprint density at radius 2 is 1.46 bits per heavy atom. The van der Waals surface area contributed by atoms with Gasteiger partial charge in [-0.05, 0) is 70.4 Å². The number of rotatable bonds is 24. The molecule has 2 heterocycles. The first-order chi connectivity index (χ1) is 32.9. The largest absolute Gasteiger partial charge is 0.492 e. The Bertz CT molecular complexity index is 2420. The van der Waals surface area contributed by atoms with Crippen LogP contribution in [0.25, 0.3) is 21.6 Å². The van der Waals surface area contributed by atoms with E-state index < -0.39 is 24.1 Å². The number of amides is 4. The summed E-state index contributed by atoms with van der Waals surface area (Å²) in [4.78, 5) is 61.3. The molecule has 5 aromatic rings. The van der Waals surface area contributed by atoms with Crippen LogP contribution in [0.2, 0.25) is 0 Å². The van der Waals surface area contributed by atoms with E-state index >= 15 is 0 Å². The summed E-state index contributed by atoms with van der Waals surface area (Å²) in [7, 11) is 1.74. The lowest BCUT2D eigenvalue weighted by atomic mass is 9.88. The number of likely N-dealkylation sites (tertiary alicyclic amines) is 1. The number of aliphatic hydroxyl groups is 1. The number of hydrogen-bond acceptors (Lipinski definition) is 10. The maximum absolute atomic E-state index is 13.8. The molecule has 1 saturated heterocycles. The average molecular weight is 944 g/mol. The van der Waals surface area contributed by atoms with Crippen LogP contribution >= 0.6 is 11.3 Å². The number of β-amino-alcohol motifs (C(OH)–C–C–N with tert-alkyl or cyclic N) is 1. The van der Waals surface area contributed by atoms with Crippen molar-refractivity contribution in [2.45, 2.75) is 78.1 Å². The first kappa shape index (κ1) is 51.2. The average Bonchev–Trinajstić information content (AvgIpc) is 3.98. The fourth-order valence-corrected chi connectivity index (χ4v) is 8.98. The van der Waals surface area contributed by atoms with E-state index in [1.165, 1.54) is 21.6 Å². The van der Waals surface area contributed by atoms with Crippen LogP contribution in [0.3, 0.4) is 0 Å². The first-order valence-corrected chi connectivity index (χ1v) is 24.3. The Labute approximate surface area is 404 Å². The number of carbonyl (C=O) groups is 4. The maximum atomic E-state index is 13.8. The van der Waals surface area contributed by atoms with E-state index in [9.17, 15) is 24.3 Å². The number of hydrogen-bond donors (Lipinski definition) is 3. The number of aryl methyl sites for hydroxylation is 1. The Kier molecular flexibility index (Phi) is 19.4. The molecular weight excluding hydrogens is 879 g/mol. The lowest BCUT2D eigenvalue weighted by Crippen LogP contribution is -2.55. The smallest absolute Gasteiger partial charge is 0.246 e. The summed E-state index contributed by atoms with van der Waals surface area (Å²) >= 11 is 1.57. The van der Waals surface area contributed by atoms with E-state index in [-0.39, 0.29) is 82.4 Å². The van der Waals surface area contributed by atoms with Gasteiger partial charge in [-0.1, -0.05) is 118 Å². The zero-order valence-electron chi connectivity index (χ0n) is 39.8. The number of nitrogens with zero attached hydrogens (tertiary/aromatic N) is 3. The number of aromatic nitrogens is 1. The molecule has 68 heavy (non-hydrogen) atoms. The Morgan fingerprint density at radius 1 is 0.824 bits per heavy atom. The first-order valence-electron chi connectivity index (χ1n) is 23.4. The highest BCUT2D eigenvalue weighted by Gasteiger charge is 2.42. The fourth-order valence-electron chi connectivity index (χ4n) is 8.17. The van der Waals surface area contributed by atoms with Gasteiger partial charge in [-0.25, -0.2) is 4.98 Å². The highest BCUT2D eigenvalue weighted by atomic mass is 32.1. The van der Waals surface area contributed by atoms with Crippen LogP contribution in [-0.4, -0.2) is 115 Å². The molecule has 360 valence electrons. The highest BCUT2D eigenvalue weighted by Crippen LogP contribution is 2.35. The molecule has 4 amide bonds. The molecule has 0 bridgehead atoms. The third-order valence-corrected chi connectivity index (χ3v) is 12.9. The lowest BCUT2D eigenvalue weighted by Gasteiger charge is -2.30. The van der Waals surface area contributed by atoms with Crippen molar-refractivity contribution in [3.05, 3.63) is 143 Å². The van der Waals surface area contributed by atoms with Crippen molar-refractivity contribution in [3.8, 4) is 16.2 Å². The second-order valence-electron chi connectivity index (χ2n) is 17.2. The molecule has 0 aliphatic carbocycles. The number of allylic oxidation sites excluding steroid dienone is 1. The van der Waals surface area contributed by atoms with E-state index in [1.807, 2.05) is 74.8 Å². The van der Waals surface area contributed by atoms with E-state index in [1.54, 1.807) is 23.3 Å². The van der Waals surface area contributed by atoms with Gasteiger partial charge in [0.2, 0.25) is 23.6 Å². The van der Waals surface area contributed by atoms with Gasteiger partial charge in [-0.3, -0.25) is 19.2 Å². The third kappa shape index (κ3) is 14.4. The molecule has 0 spiro atoms. The van der Waals surface area contributed by atoms with Crippen LogP contribution < -0.4 is 15.4 Å². The molecule has 6 rings (SSSR count). The summed E-state index contributed by atoms with van der Waals surface area (Å²) in [5, 5.41) is 16.2. The number of aliphatic hydroxyl groups excluding tert-OH is 1. The number of carbonyl (C=O) groups excluding carboxylic acids is 4. The zero-order valence-corrected chi connectivity index (χ0v) is 40.6. The molecule has 1 fully saturated rings. The second kappa shape index (κ2) is 25.8. The molecule has 1 aliphatic heterocycles. The summed E-state index contributed by atoms with van der Waals surface area (Å²) in [5.74, 6) is -0.768. The van der Waals surface area contributed by atoms with Gasteiger partial charge in [0.15, 0.2) is 0 Å². The molecule has 0 saturated carbocycles. The number of nitrogens with one attached hydrogen (secondary N) is 2. The summed E-state index contributed by atoms with van der Waals surface area (Å²) in [6.45, 7) is 9.60. The van der Waals surface area contributed by atoms with Crippen LogP contribution in [0.4, 0.5) is 0 Å². The van der Waals surface area contributed by atoms with Crippen LogP contribution in [0.15, 0.2) is 115 Å². The molecule has 3 atom stereocenters. The van der Waals surface area contributed by atoms with Crippen molar-refractivity contribution in [1.82, 2.24) is 25.4 Å². The Hall–Kier alpha value is -6.19. The van der Waals surface area contributed by atoms with Gasteiger partial charge in [-0.15, -0.1) is 11.3 Å². The fraction of sp³-hybridized carbons (Fsp3) is 0.389. The SMILES string of the molecule is CC/C(=C(\c1ccccc1)c1ccc(OCCN(C)C(=O)CCOCCOCCC(=O)N[C@H](C(=O)N2C[C@H](O)C[C@H]2C(=O)NCc2ccc(-c3scnc3C)cc2)C(C)C)cc1)c1ccccc1. The van der Waals surface area contributed by atoms with Crippen LogP contribution in [0.5, 0.6) is 5.75 Å². The van der Waals surface area contributed by atoms with Gasteiger partial charge >= 0.3 is 0 Å². The normalized spacial score (nSPS) is 15.4. The number of benzene rings is 4. The van der Waals surface area contributed by atoms with Gasteiger partial charge in [0.25, 0.3) is 0 Å². The minimum atomic E-state index is -0.890. The number of thiazole rings is 1. The predicted octanol–water partition coefficient (Wildman–Crippen LogP) is 7.56. The van der Waals surface area contributed by atoms with Crippen LogP contribution in [0.1, 0.15) is 74.4 Å². The summed E-state index contributed by atoms with van der Waals surface area (Å²) in [5.41, 5.74) is 10.6. The molecule has 14 heteroatoms. The van der Waals surface area contributed by atoms with Gasteiger partial charge in [0.05, 0.1) is 61.6 Å². The van der Waals surface area contributed by atoms with Gasteiger partial charge in [0.1, 0.15) is 24.4 Å². The van der Waals surface area contributed by atoms with E-state index in [4.69, 9.17) is 14.2 Å². The minimum absolute atomic E-state index is 0.00133. The summed E-state index contributed by atoms with van der Waals surface area (Å²) in [6.07, 6.45) is 0.343. The van der Waals surface area contributed by atoms with Crippen LogP contribution in [0, 0.1) is 12.8 Å². The Morgan fingerprint density at radius 3 is 2.07 bits per heavy atom. The van der Waals surface area contributed by atoms with Crippen molar-refractivity contribution in [3.63, 3.8) is 0 Å². The van der Waals surface area contributed by atoms with Crippen LogP contribution in [-0.2, 0) is 35.2 Å².